The monoisotopic (exact) mass is 211 g/mol. The molecule has 0 bridgehead atoms. The Morgan fingerprint density at radius 2 is 2.07 bits per heavy atom. The van der Waals surface area contributed by atoms with E-state index in [-0.39, 0.29) is 24.4 Å². The van der Waals surface area contributed by atoms with E-state index in [1.807, 2.05) is 6.92 Å². The maximum absolute atomic E-state index is 12.6. The first-order chi connectivity index (χ1) is 7.17. The fourth-order valence-electron chi connectivity index (χ4n) is 1.15. The Kier molecular flexibility index (Phi) is 4.24. The quantitative estimate of drug-likeness (QED) is 0.789. The van der Waals surface area contributed by atoms with Crippen molar-refractivity contribution in [2.45, 2.75) is 19.4 Å². The van der Waals surface area contributed by atoms with Crippen LogP contribution in [0.2, 0.25) is 0 Å². The highest BCUT2D eigenvalue weighted by atomic mass is 19.1. The van der Waals surface area contributed by atoms with Crippen LogP contribution in [0.3, 0.4) is 0 Å². The predicted molar refractivity (Wildman–Crippen MR) is 55.0 cm³/mol. The Morgan fingerprint density at radius 1 is 1.47 bits per heavy atom. The van der Waals surface area contributed by atoms with Gasteiger partial charge in [-0.15, -0.1) is 0 Å². The van der Waals surface area contributed by atoms with Crippen molar-refractivity contribution in [3.63, 3.8) is 0 Å². The summed E-state index contributed by atoms with van der Waals surface area (Å²) in [4.78, 5) is 11.5. The van der Waals surface area contributed by atoms with E-state index in [1.54, 1.807) is 0 Å². The first-order valence-corrected chi connectivity index (χ1v) is 4.84. The van der Waals surface area contributed by atoms with Crippen molar-refractivity contribution in [1.29, 1.82) is 0 Å². The molecule has 1 aromatic carbocycles. The van der Waals surface area contributed by atoms with E-state index in [1.165, 1.54) is 24.3 Å². The SMILES string of the molecule is CC[C@H](CO)NC(=O)c1ccc(F)cc1. The van der Waals surface area contributed by atoms with Crippen molar-refractivity contribution < 1.29 is 14.3 Å². The summed E-state index contributed by atoms with van der Waals surface area (Å²) in [6.07, 6.45) is 0.656. The minimum atomic E-state index is -0.374. The van der Waals surface area contributed by atoms with Crippen LogP contribution in [0.4, 0.5) is 4.39 Å². The molecule has 0 spiro atoms. The number of hydrogen-bond acceptors (Lipinski definition) is 2. The number of hydrogen-bond donors (Lipinski definition) is 2. The minimum absolute atomic E-state index is 0.0938. The van der Waals surface area contributed by atoms with Crippen LogP contribution >= 0.6 is 0 Å². The number of benzene rings is 1. The summed E-state index contributed by atoms with van der Waals surface area (Å²) in [5.41, 5.74) is 0.392. The van der Waals surface area contributed by atoms with Crippen LogP contribution in [0.5, 0.6) is 0 Å². The van der Waals surface area contributed by atoms with E-state index in [0.29, 0.717) is 12.0 Å². The Bertz CT molecular complexity index is 320. The third-order valence-corrected chi connectivity index (χ3v) is 2.15. The second kappa shape index (κ2) is 5.46. The lowest BCUT2D eigenvalue weighted by Gasteiger charge is -2.13. The average Bonchev–Trinajstić information content (AvgIpc) is 2.26. The normalized spacial score (nSPS) is 12.2. The van der Waals surface area contributed by atoms with Crippen molar-refractivity contribution in [3.05, 3.63) is 35.6 Å². The second-order valence-corrected chi connectivity index (χ2v) is 3.27. The van der Waals surface area contributed by atoms with Gasteiger partial charge in [0, 0.05) is 5.56 Å². The molecule has 2 N–H and O–H groups in total. The van der Waals surface area contributed by atoms with E-state index >= 15 is 0 Å². The second-order valence-electron chi connectivity index (χ2n) is 3.27. The zero-order valence-electron chi connectivity index (χ0n) is 8.53. The highest BCUT2D eigenvalue weighted by molar-refractivity contribution is 5.94. The number of rotatable bonds is 4. The molecule has 1 amide bonds. The van der Waals surface area contributed by atoms with E-state index in [4.69, 9.17) is 5.11 Å². The molecule has 0 aliphatic rings. The van der Waals surface area contributed by atoms with E-state index in [2.05, 4.69) is 5.32 Å². The molecule has 0 fully saturated rings. The molecule has 4 heteroatoms. The lowest BCUT2D eigenvalue weighted by Crippen LogP contribution is -2.36. The minimum Gasteiger partial charge on any atom is -0.394 e. The smallest absolute Gasteiger partial charge is 0.251 e. The highest BCUT2D eigenvalue weighted by Gasteiger charge is 2.10. The Labute approximate surface area is 87.9 Å². The molecule has 0 radical (unpaired) electrons. The lowest BCUT2D eigenvalue weighted by molar-refractivity contribution is 0.0915. The first kappa shape index (κ1) is 11.7. The van der Waals surface area contributed by atoms with Crippen LogP contribution in [-0.4, -0.2) is 23.7 Å². The van der Waals surface area contributed by atoms with E-state index in [0.717, 1.165) is 0 Å². The van der Waals surface area contributed by atoms with Gasteiger partial charge in [0.25, 0.3) is 5.91 Å². The first-order valence-electron chi connectivity index (χ1n) is 4.84. The fraction of sp³-hybridized carbons (Fsp3) is 0.364. The predicted octanol–water partition coefficient (Wildman–Crippen LogP) is 1.33. The molecule has 1 rings (SSSR count). The summed E-state index contributed by atoms with van der Waals surface area (Å²) in [6.45, 7) is 1.77. The van der Waals surface area contributed by atoms with Gasteiger partial charge < -0.3 is 10.4 Å². The van der Waals surface area contributed by atoms with Crippen LogP contribution in [0.1, 0.15) is 23.7 Å². The summed E-state index contributed by atoms with van der Waals surface area (Å²) in [5, 5.41) is 11.5. The molecule has 0 aliphatic heterocycles. The van der Waals surface area contributed by atoms with Gasteiger partial charge in [-0.05, 0) is 30.7 Å². The molecule has 0 saturated heterocycles. The summed E-state index contributed by atoms with van der Waals surface area (Å²) in [7, 11) is 0. The van der Waals surface area contributed by atoms with Crippen LogP contribution in [-0.2, 0) is 0 Å². The summed E-state index contributed by atoms with van der Waals surface area (Å²) >= 11 is 0. The fourth-order valence-corrected chi connectivity index (χ4v) is 1.15. The third-order valence-electron chi connectivity index (χ3n) is 2.15. The molecule has 1 atom stereocenters. The van der Waals surface area contributed by atoms with Crippen molar-refractivity contribution in [2.75, 3.05) is 6.61 Å². The Hall–Kier alpha value is -1.42. The molecule has 0 aromatic heterocycles. The molecule has 1 aromatic rings. The average molecular weight is 211 g/mol. The molecule has 0 unspecified atom stereocenters. The molecular formula is C11H14FNO2. The maximum Gasteiger partial charge on any atom is 0.251 e. The zero-order chi connectivity index (χ0) is 11.3. The number of aliphatic hydroxyl groups excluding tert-OH is 1. The van der Waals surface area contributed by atoms with Gasteiger partial charge in [0.2, 0.25) is 0 Å². The van der Waals surface area contributed by atoms with Crippen LogP contribution < -0.4 is 5.32 Å². The van der Waals surface area contributed by atoms with Gasteiger partial charge in [-0.25, -0.2) is 4.39 Å². The zero-order valence-corrected chi connectivity index (χ0v) is 8.53. The van der Waals surface area contributed by atoms with E-state index in [9.17, 15) is 9.18 Å². The number of halogens is 1. The molecule has 0 saturated carbocycles. The Morgan fingerprint density at radius 3 is 2.53 bits per heavy atom. The summed E-state index contributed by atoms with van der Waals surface area (Å²) in [5.74, 6) is -0.670. The van der Waals surface area contributed by atoms with Crippen LogP contribution in [0.25, 0.3) is 0 Å². The molecule has 0 heterocycles. The molecule has 3 nitrogen and oxygen atoms in total. The summed E-state index contributed by atoms with van der Waals surface area (Å²) in [6, 6.07) is 5.04. The number of aliphatic hydroxyl groups is 1. The van der Waals surface area contributed by atoms with Gasteiger partial charge in [-0.1, -0.05) is 6.92 Å². The van der Waals surface area contributed by atoms with Crippen molar-refractivity contribution in [2.24, 2.45) is 0 Å². The van der Waals surface area contributed by atoms with Crippen molar-refractivity contribution in [1.82, 2.24) is 5.32 Å². The Balaban J connectivity index is 2.64. The van der Waals surface area contributed by atoms with Crippen LogP contribution in [0.15, 0.2) is 24.3 Å². The molecule has 0 aliphatic carbocycles. The molecular weight excluding hydrogens is 197 g/mol. The summed E-state index contributed by atoms with van der Waals surface area (Å²) < 4.78 is 12.6. The third kappa shape index (κ3) is 3.32. The standard InChI is InChI=1S/C11H14FNO2/c1-2-10(7-14)13-11(15)8-3-5-9(12)6-4-8/h3-6,10,14H,2,7H2,1H3,(H,13,15)/t10-/m1/s1. The number of amides is 1. The number of carbonyl (C=O) groups excluding carboxylic acids is 1. The highest BCUT2D eigenvalue weighted by Crippen LogP contribution is 2.03. The molecule has 15 heavy (non-hydrogen) atoms. The topological polar surface area (TPSA) is 49.3 Å². The van der Waals surface area contributed by atoms with Gasteiger partial charge in [0.05, 0.1) is 12.6 Å². The number of nitrogens with one attached hydrogen (secondary N) is 1. The van der Waals surface area contributed by atoms with Gasteiger partial charge in [-0.3, -0.25) is 4.79 Å². The van der Waals surface area contributed by atoms with Gasteiger partial charge in [0.15, 0.2) is 0 Å². The van der Waals surface area contributed by atoms with Crippen molar-refractivity contribution in [3.8, 4) is 0 Å². The largest absolute Gasteiger partial charge is 0.394 e. The lowest BCUT2D eigenvalue weighted by atomic mass is 10.2. The maximum atomic E-state index is 12.6. The van der Waals surface area contributed by atoms with Gasteiger partial charge in [0.1, 0.15) is 5.82 Å². The van der Waals surface area contributed by atoms with Gasteiger partial charge in [-0.2, -0.15) is 0 Å². The van der Waals surface area contributed by atoms with E-state index < -0.39 is 0 Å². The number of carbonyl (C=O) groups is 1. The van der Waals surface area contributed by atoms with Crippen LogP contribution in [0, 0.1) is 5.82 Å². The molecule has 82 valence electrons. The van der Waals surface area contributed by atoms with Crippen molar-refractivity contribution >= 4 is 5.91 Å². The van der Waals surface area contributed by atoms with Gasteiger partial charge >= 0.3 is 0 Å².